The molecule has 0 amide bonds. The van der Waals surface area contributed by atoms with Crippen molar-refractivity contribution in [3.8, 4) is 0 Å². The van der Waals surface area contributed by atoms with Crippen LogP contribution in [0.15, 0.2) is 0 Å². The van der Waals surface area contributed by atoms with Crippen LogP contribution in [0.3, 0.4) is 0 Å². The summed E-state index contributed by atoms with van der Waals surface area (Å²) in [5, 5.41) is 2.36. The second-order valence-corrected chi connectivity index (χ2v) is 6.63. The van der Waals surface area contributed by atoms with Crippen LogP contribution in [-0.2, 0) is 0 Å². The topological polar surface area (TPSA) is 82.6 Å². The molecule has 6 nitrogen and oxygen atoms in total. The summed E-state index contributed by atoms with van der Waals surface area (Å²) in [4.78, 5) is 2.95. The van der Waals surface area contributed by atoms with Crippen molar-refractivity contribution in [3.05, 3.63) is 0 Å². The maximum Gasteiger partial charge on any atom is 0.338 e. The Labute approximate surface area is 116 Å². The number of likely N-dealkylation sites (N-methyl/N-ethyl adjacent to an activating group) is 1. The van der Waals surface area contributed by atoms with Gasteiger partial charge in [0.15, 0.2) is 0 Å². The Kier molecular flexibility index (Phi) is 4.65. The van der Waals surface area contributed by atoms with Crippen LogP contribution in [0.25, 0.3) is 0 Å². The number of rotatable bonds is 7. The van der Waals surface area contributed by atoms with Gasteiger partial charge in [-0.1, -0.05) is 0 Å². The van der Waals surface area contributed by atoms with Crippen molar-refractivity contribution in [1.29, 1.82) is 0 Å². The first-order chi connectivity index (χ1) is 9.04. The van der Waals surface area contributed by atoms with E-state index >= 15 is 0 Å². The van der Waals surface area contributed by atoms with Gasteiger partial charge < -0.3 is 14.3 Å². The molecule has 0 aromatic heterocycles. The summed E-state index contributed by atoms with van der Waals surface area (Å²) >= 11 is 0. The average Bonchev–Trinajstić information content (AvgIpc) is 2.39. The Morgan fingerprint density at radius 1 is 1.05 bits per heavy atom. The van der Waals surface area contributed by atoms with Gasteiger partial charge in [-0.2, -0.15) is 0 Å². The minimum atomic E-state index is 0.328. The molecule has 3 rings (SSSR count). The number of nitrogens with zero attached hydrogens (tertiary/aromatic N) is 2. The molecule has 3 heterocycles. The van der Waals surface area contributed by atoms with Gasteiger partial charge in [0.05, 0.1) is 20.1 Å². The van der Waals surface area contributed by atoms with E-state index in [-0.39, 0.29) is 0 Å². The summed E-state index contributed by atoms with van der Waals surface area (Å²) in [6.07, 6.45) is 1.32. The molecule has 3 saturated heterocycles. The summed E-state index contributed by atoms with van der Waals surface area (Å²) in [7, 11) is 2.42. The fourth-order valence-corrected chi connectivity index (χ4v) is 3.40. The van der Waals surface area contributed by atoms with Gasteiger partial charge in [-0.15, -0.1) is 0 Å². The van der Waals surface area contributed by atoms with E-state index in [0.29, 0.717) is 5.96 Å². The number of nitrogens with one attached hydrogen (secondary N) is 1. The Bertz CT molecular complexity index is 299. The van der Waals surface area contributed by atoms with Gasteiger partial charge in [-0.3, -0.25) is 16.5 Å². The van der Waals surface area contributed by atoms with Crippen molar-refractivity contribution in [3.63, 3.8) is 0 Å². The van der Waals surface area contributed by atoms with Gasteiger partial charge in [0, 0.05) is 6.42 Å². The quantitative estimate of drug-likeness (QED) is 0.163. The maximum atomic E-state index is 5.35. The molecule has 0 saturated carbocycles. The van der Waals surface area contributed by atoms with Crippen LogP contribution >= 0.6 is 0 Å². The molecule has 0 aromatic carbocycles. The zero-order valence-electron chi connectivity index (χ0n) is 12.4. The van der Waals surface area contributed by atoms with Crippen LogP contribution in [0.1, 0.15) is 6.42 Å². The smallest absolute Gasteiger partial charge is 0.338 e. The number of hydrogen-bond donors (Lipinski definition) is 4. The molecule has 2 bridgehead atoms. The minimum absolute atomic E-state index is 0.328. The Morgan fingerprint density at radius 2 is 1.68 bits per heavy atom. The highest BCUT2D eigenvalue weighted by molar-refractivity contribution is 5.69. The predicted molar refractivity (Wildman–Crippen MR) is 76.0 cm³/mol. The normalized spacial score (nSPS) is 33.3. The molecule has 110 valence electrons. The van der Waals surface area contributed by atoms with E-state index in [1.54, 1.807) is 0 Å². The molecule has 0 radical (unpaired) electrons. The molecule has 0 aromatic rings. The van der Waals surface area contributed by atoms with E-state index < -0.39 is 0 Å². The zero-order chi connectivity index (χ0) is 13.8. The second kappa shape index (κ2) is 6.07. The Balaban J connectivity index is 1.58. The third-order valence-corrected chi connectivity index (χ3v) is 5.06. The van der Waals surface area contributed by atoms with Crippen LogP contribution < -0.4 is 21.8 Å². The van der Waals surface area contributed by atoms with Gasteiger partial charge in [0.25, 0.3) is 0 Å². The highest BCUT2D eigenvalue weighted by Crippen LogP contribution is 2.24. The van der Waals surface area contributed by atoms with Crippen molar-refractivity contribution in [2.24, 2.45) is 11.5 Å². The molecule has 0 aliphatic carbocycles. The second-order valence-electron chi connectivity index (χ2n) is 6.63. The summed E-state index contributed by atoms with van der Waals surface area (Å²) in [5.41, 5.74) is 10.7. The van der Waals surface area contributed by atoms with E-state index in [4.69, 9.17) is 11.5 Å². The zero-order valence-corrected chi connectivity index (χ0v) is 12.4. The third-order valence-electron chi connectivity index (χ3n) is 5.06. The van der Waals surface area contributed by atoms with Gasteiger partial charge in [0.1, 0.15) is 52.4 Å². The van der Waals surface area contributed by atoms with Crippen LogP contribution in [-0.4, -0.2) is 87.4 Å². The molecule has 3 aliphatic heterocycles. The van der Waals surface area contributed by atoms with Crippen molar-refractivity contribution in [1.82, 2.24) is 0 Å². The van der Waals surface area contributed by atoms with E-state index in [0.717, 1.165) is 13.1 Å². The highest BCUT2D eigenvalue weighted by Gasteiger charge is 2.46. The van der Waals surface area contributed by atoms with Crippen molar-refractivity contribution in [2.45, 2.75) is 6.42 Å². The fourth-order valence-electron chi connectivity index (χ4n) is 3.40. The molecule has 6 heteroatoms. The van der Waals surface area contributed by atoms with Gasteiger partial charge in [-0.25, -0.2) is 0 Å². The lowest BCUT2D eigenvalue weighted by Gasteiger charge is -2.54. The summed E-state index contributed by atoms with van der Waals surface area (Å²) in [5.74, 6) is 0.328. The molecule has 0 atom stereocenters. The van der Waals surface area contributed by atoms with Crippen LogP contribution in [0.2, 0.25) is 0 Å². The van der Waals surface area contributed by atoms with Crippen LogP contribution in [0.5, 0.6) is 0 Å². The SMILES string of the molecule is C[N+]12CC[N+](CCC[NH2+]CC[NH+]=C(N)N)(CC1)CC2. The Morgan fingerprint density at radius 3 is 2.26 bits per heavy atom. The molecular weight excluding hydrogens is 240 g/mol. The number of piperazine rings is 3. The summed E-state index contributed by atoms with van der Waals surface area (Å²) in [6, 6.07) is 0. The van der Waals surface area contributed by atoms with Crippen LogP contribution in [0, 0.1) is 0 Å². The molecule has 19 heavy (non-hydrogen) atoms. The number of fused-ring (bicyclic) bond motifs is 3. The van der Waals surface area contributed by atoms with Crippen molar-refractivity contribution in [2.75, 3.05) is 72.5 Å². The first-order valence-corrected chi connectivity index (χ1v) is 7.66. The van der Waals surface area contributed by atoms with E-state index in [1.165, 1.54) is 67.7 Å². The number of nitrogens with two attached hydrogens (primary N) is 3. The van der Waals surface area contributed by atoms with Gasteiger partial charge in [-0.05, 0) is 0 Å². The average molecular weight is 272 g/mol. The van der Waals surface area contributed by atoms with E-state index in [1.807, 2.05) is 0 Å². The predicted octanol–water partition coefficient (Wildman–Crippen LogP) is -4.42. The lowest BCUT2D eigenvalue weighted by atomic mass is 10.1. The van der Waals surface area contributed by atoms with E-state index in [2.05, 4.69) is 17.4 Å². The highest BCUT2D eigenvalue weighted by atomic mass is 15.5. The van der Waals surface area contributed by atoms with Crippen LogP contribution in [0.4, 0.5) is 0 Å². The molecule has 0 spiro atoms. The third kappa shape index (κ3) is 4.06. The maximum absolute atomic E-state index is 5.35. The molecular formula is C13H32N6+4. The molecule has 0 unspecified atom stereocenters. The van der Waals surface area contributed by atoms with Crippen molar-refractivity contribution < 1.29 is 19.3 Å². The summed E-state index contributed by atoms with van der Waals surface area (Å²) in [6.45, 7) is 12.9. The molecule has 3 fully saturated rings. The first kappa shape index (κ1) is 14.6. The number of hydrogen-bond acceptors (Lipinski definition) is 0. The minimum Gasteiger partial charge on any atom is -0.343 e. The fraction of sp³-hybridized carbons (Fsp3) is 0.923. The molecule has 3 aliphatic rings. The lowest BCUT2D eigenvalue weighted by Crippen LogP contribution is -2.92. The standard InChI is InChI=1S/C13H30N6/c1-18-7-10-19(11-8-18,12-9-18)6-2-3-16-4-5-17-13(14)15/h16H,2-12H2,1H3,(H4,14,15,17)/q+2/p+2. The molecule has 7 N–H and O–H groups in total. The van der Waals surface area contributed by atoms with E-state index in [9.17, 15) is 0 Å². The summed E-state index contributed by atoms with van der Waals surface area (Å²) < 4.78 is 2.72. The van der Waals surface area contributed by atoms with Crippen molar-refractivity contribution >= 4 is 5.96 Å². The number of quaternary nitrogens is 3. The monoisotopic (exact) mass is 272 g/mol. The lowest BCUT2D eigenvalue weighted by molar-refractivity contribution is -1.07. The first-order valence-electron chi connectivity index (χ1n) is 7.66. The Hall–Kier alpha value is -0.850. The largest absolute Gasteiger partial charge is 0.343 e. The van der Waals surface area contributed by atoms with Gasteiger partial charge >= 0.3 is 5.96 Å². The van der Waals surface area contributed by atoms with Gasteiger partial charge in [0.2, 0.25) is 0 Å². The number of guanidine groups is 1.